The fourth-order valence-corrected chi connectivity index (χ4v) is 2.46. The molecule has 1 rings (SSSR count). The number of nitrogens with zero attached hydrogens (tertiary/aromatic N) is 1. The van der Waals surface area contributed by atoms with Crippen LogP contribution in [-0.2, 0) is 14.3 Å². The summed E-state index contributed by atoms with van der Waals surface area (Å²) in [5, 5.41) is 9.14. The fraction of sp³-hybridized carbons (Fsp3) is 0.857. The van der Waals surface area contributed by atoms with E-state index in [4.69, 9.17) is 9.84 Å². The standard InChI is InChI=1S/C14H25NO4/c1-4-10(2)15(11(3)14(17)18)13(16)9-12-5-7-19-8-6-12/h10-12H,4-9H2,1-3H3,(H,17,18)/t10-,11-/m0/s1. The molecule has 0 aromatic carbocycles. The highest BCUT2D eigenvalue weighted by Crippen LogP contribution is 2.21. The van der Waals surface area contributed by atoms with E-state index in [1.165, 1.54) is 4.90 Å². The summed E-state index contributed by atoms with van der Waals surface area (Å²) in [4.78, 5) is 25.0. The van der Waals surface area contributed by atoms with Crippen LogP contribution >= 0.6 is 0 Å². The van der Waals surface area contributed by atoms with Gasteiger partial charge in [0.15, 0.2) is 0 Å². The van der Waals surface area contributed by atoms with Crippen LogP contribution in [0.3, 0.4) is 0 Å². The molecule has 0 unspecified atom stereocenters. The first-order chi connectivity index (χ1) is 8.97. The molecule has 5 heteroatoms. The van der Waals surface area contributed by atoms with Gasteiger partial charge in [0, 0.05) is 25.7 Å². The molecule has 1 N–H and O–H groups in total. The number of amides is 1. The van der Waals surface area contributed by atoms with Crippen LogP contribution in [0.2, 0.25) is 0 Å². The Balaban J connectivity index is 2.67. The van der Waals surface area contributed by atoms with Crippen molar-refractivity contribution in [3.8, 4) is 0 Å². The number of carboxylic acids is 1. The van der Waals surface area contributed by atoms with E-state index in [2.05, 4.69) is 0 Å². The van der Waals surface area contributed by atoms with E-state index in [1.54, 1.807) is 6.92 Å². The van der Waals surface area contributed by atoms with Crippen molar-refractivity contribution >= 4 is 11.9 Å². The Labute approximate surface area is 114 Å². The van der Waals surface area contributed by atoms with Crippen LogP contribution in [0.25, 0.3) is 0 Å². The Morgan fingerprint density at radius 1 is 1.32 bits per heavy atom. The van der Waals surface area contributed by atoms with Gasteiger partial charge in [-0.25, -0.2) is 4.79 Å². The summed E-state index contributed by atoms with van der Waals surface area (Å²) in [6.45, 7) is 6.86. The van der Waals surface area contributed by atoms with E-state index in [9.17, 15) is 9.59 Å². The maximum absolute atomic E-state index is 12.4. The minimum absolute atomic E-state index is 0.0431. The molecule has 2 atom stereocenters. The van der Waals surface area contributed by atoms with Gasteiger partial charge in [-0.2, -0.15) is 0 Å². The Kier molecular flexibility index (Phi) is 6.28. The van der Waals surface area contributed by atoms with Gasteiger partial charge in [-0.1, -0.05) is 6.92 Å². The van der Waals surface area contributed by atoms with Crippen molar-refractivity contribution in [2.45, 2.75) is 58.5 Å². The molecule has 1 heterocycles. The zero-order chi connectivity index (χ0) is 14.4. The summed E-state index contributed by atoms with van der Waals surface area (Å²) in [7, 11) is 0. The Morgan fingerprint density at radius 3 is 2.37 bits per heavy atom. The van der Waals surface area contributed by atoms with Gasteiger partial charge in [0.25, 0.3) is 0 Å². The third kappa shape index (κ3) is 4.49. The molecular weight excluding hydrogens is 246 g/mol. The average molecular weight is 271 g/mol. The molecule has 5 nitrogen and oxygen atoms in total. The summed E-state index contributed by atoms with van der Waals surface area (Å²) in [5.74, 6) is -0.662. The quantitative estimate of drug-likeness (QED) is 0.801. The van der Waals surface area contributed by atoms with Crippen LogP contribution in [0.5, 0.6) is 0 Å². The molecule has 19 heavy (non-hydrogen) atoms. The molecule has 0 aromatic heterocycles. The number of rotatable bonds is 6. The number of carbonyl (C=O) groups excluding carboxylic acids is 1. The van der Waals surface area contributed by atoms with Crippen LogP contribution in [0.1, 0.15) is 46.5 Å². The minimum atomic E-state index is -0.944. The third-order valence-corrected chi connectivity index (χ3v) is 3.93. The average Bonchev–Trinajstić information content (AvgIpc) is 2.39. The zero-order valence-electron chi connectivity index (χ0n) is 12.1. The first-order valence-corrected chi connectivity index (χ1v) is 7.09. The Morgan fingerprint density at radius 2 is 1.89 bits per heavy atom. The second-order valence-electron chi connectivity index (χ2n) is 5.33. The van der Waals surface area contributed by atoms with Crippen LogP contribution < -0.4 is 0 Å². The molecule has 1 amide bonds. The molecule has 0 aromatic rings. The maximum atomic E-state index is 12.4. The van der Waals surface area contributed by atoms with Gasteiger partial charge in [-0.15, -0.1) is 0 Å². The highest BCUT2D eigenvalue weighted by atomic mass is 16.5. The van der Waals surface area contributed by atoms with Crippen molar-refractivity contribution in [1.82, 2.24) is 4.90 Å². The molecule has 1 aliphatic rings. The maximum Gasteiger partial charge on any atom is 0.326 e. The molecule has 110 valence electrons. The third-order valence-electron chi connectivity index (χ3n) is 3.93. The van der Waals surface area contributed by atoms with Crippen molar-refractivity contribution in [2.24, 2.45) is 5.92 Å². The van der Waals surface area contributed by atoms with Crippen LogP contribution in [0, 0.1) is 5.92 Å². The molecular formula is C14H25NO4. The molecule has 1 aliphatic heterocycles. The summed E-state index contributed by atoms with van der Waals surface area (Å²) < 4.78 is 5.28. The SMILES string of the molecule is CC[C@H](C)N(C(=O)CC1CCOCC1)[C@@H](C)C(=O)O. The van der Waals surface area contributed by atoms with E-state index in [-0.39, 0.29) is 11.9 Å². The van der Waals surface area contributed by atoms with Crippen LogP contribution in [0.4, 0.5) is 0 Å². The number of aliphatic carboxylic acids is 1. The second kappa shape index (κ2) is 7.48. The van der Waals surface area contributed by atoms with E-state index in [0.717, 1.165) is 19.3 Å². The van der Waals surface area contributed by atoms with Gasteiger partial charge in [0.1, 0.15) is 6.04 Å². The topological polar surface area (TPSA) is 66.8 Å². The zero-order valence-corrected chi connectivity index (χ0v) is 12.1. The Hall–Kier alpha value is -1.10. The van der Waals surface area contributed by atoms with Gasteiger partial charge < -0.3 is 14.7 Å². The van der Waals surface area contributed by atoms with Gasteiger partial charge >= 0.3 is 5.97 Å². The van der Waals surface area contributed by atoms with Crippen molar-refractivity contribution in [3.05, 3.63) is 0 Å². The lowest BCUT2D eigenvalue weighted by Gasteiger charge is -2.33. The molecule has 1 fully saturated rings. The summed E-state index contributed by atoms with van der Waals surface area (Å²) in [6.07, 6.45) is 2.98. The van der Waals surface area contributed by atoms with E-state index < -0.39 is 12.0 Å². The molecule has 1 saturated heterocycles. The molecule has 0 saturated carbocycles. The van der Waals surface area contributed by atoms with Gasteiger partial charge in [0.2, 0.25) is 5.91 Å². The lowest BCUT2D eigenvalue weighted by atomic mass is 9.95. The molecule has 0 bridgehead atoms. The van der Waals surface area contributed by atoms with Crippen molar-refractivity contribution in [2.75, 3.05) is 13.2 Å². The number of ether oxygens (including phenoxy) is 1. The predicted octanol–water partition coefficient (Wildman–Crippen LogP) is 1.90. The highest BCUT2D eigenvalue weighted by molar-refractivity contribution is 5.83. The predicted molar refractivity (Wildman–Crippen MR) is 71.9 cm³/mol. The van der Waals surface area contributed by atoms with E-state index in [0.29, 0.717) is 25.6 Å². The van der Waals surface area contributed by atoms with Crippen LogP contribution in [0.15, 0.2) is 0 Å². The number of hydrogen-bond acceptors (Lipinski definition) is 3. The van der Waals surface area contributed by atoms with Crippen molar-refractivity contribution in [3.63, 3.8) is 0 Å². The van der Waals surface area contributed by atoms with Gasteiger partial charge in [0.05, 0.1) is 0 Å². The number of hydrogen-bond donors (Lipinski definition) is 1. The number of carbonyl (C=O) groups is 2. The minimum Gasteiger partial charge on any atom is -0.480 e. The Bertz CT molecular complexity index is 313. The smallest absolute Gasteiger partial charge is 0.326 e. The summed E-state index contributed by atoms with van der Waals surface area (Å²) in [6, 6.07) is -0.805. The fourth-order valence-electron chi connectivity index (χ4n) is 2.46. The van der Waals surface area contributed by atoms with E-state index in [1.807, 2.05) is 13.8 Å². The first-order valence-electron chi connectivity index (χ1n) is 7.09. The highest BCUT2D eigenvalue weighted by Gasteiger charge is 2.30. The lowest BCUT2D eigenvalue weighted by molar-refractivity contribution is -0.152. The lowest BCUT2D eigenvalue weighted by Crippen LogP contribution is -2.48. The molecule has 0 radical (unpaired) electrons. The molecule has 0 spiro atoms. The van der Waals surface area contributed by atoms with Gasteiger partial charge in [-0.3, -0.25) is 4.79 Å². The second-order valence-corrected chi connectivity index (χ2v) is 5.33. The summed E-state index contributed by atoms with van der Waals surface area (Å²) >= 11 is 0. The monoisotopic (exact) mass is 271 g/mol. The van der Waals surface area contributed by atoms with Crippen molar-refractivity contribution < 1.29 is 19.4 Å². The summed E-state index contributed by atoms with van der Waals surface area (Å²) in [5.41, 5.74) is 0. The van der Waals surface area contributed by atoms with E-state index >= 15 is 0 Å². The first kappa shape index (κ1) is 16.0. The van der Waals surface area contributed by atoms with Crippen molar-refractivity contribution in [1.29, 1.82) is 0 Å². The molecule has 0 aliphatic carbocycles. The van der Waals surface area contributed by atoms with Crippen LogP contribution in [-0.4, -0.2) is 47.2 Å². The number of carboxylic acid groups (broad SMARTS) is 1. The largest absolute Gasteiger partial charge is 0.480 e. The normalized spacial score (nSPS) is 19.7. The van der Waals surface area contributed by atoms with Gasteiger partial charge in [-0.05, 0) is 39.0 Å².